The van der Waals surface area contributed by atoms with Crippen molar-refractivity contribution in [2.24, 2.45) is 4.99 Å². The van der Waals surface area contributed by atoms with Gasteiger partial charge in [0.2, 0.25) is 0 Å². The molecule has 0 bridgehead atoms. The fourth-order valence-corrected chi connectivity index (χ4v) is 9.24. The van der Waals surface area contributed by atoms with E-state index >= 15 is 0 Å². The Morgan fingerprint density at radius 1 is 1.05 bits per heavy atom. The summed E-state index contributed by atoms with van der Waals surface area (Å²) in [7, 11) is 4.12. The Labute approximate surface area is 140 Å². The van der Waals surface area contributed by atoms with Gasteiger partial charge in [0.05, 0.1) is 5.69 Å². The van der Waals surface area contributed by atoms with E-state index in [0.29, 0.717) is 12.1 Å². The highest BCUT2D eigenvalue weighted by Gasteiger charge is 2.43. The van der Waals surface area contributed by atoms with Crippen molar-refractivity contribution in [2.75, 3.05) is 14.1 Å². The zero-order chi connectivity index (χ0) is 16.8. The van der Waals surface area contributed by atoms with Crippen molar-refractivity contribution < 1.29 is 0 Å². The Kier molecular flexibility index (Phi) is 4.87. The normalized spacial score (nSPS) is 20.8. The van der Waals surface area contributed by atoms with E-state index in [1.54, 1.807) is 0 Å². The number of aryl methyl sites for hydroxylation is 2. The number of aliphatic imine (C=N–C) groups is 1. The minimum atomic E-state index is -2.06. The molecule has 1 aromatic rings. The predicted octanol–water partition coefficient (Wildman–Crippen LogP) is 4.00. The summed E-state index contributed by atoms with van der Waals surface area (Å²) in [5, 5.41) is 1.27. The first-order valence-corrected chi connectivity index (χ1v) is 10.6. The van der Waals surface area contributed by atoms with Crippen molar-refractivity contribution >= 4 is 34.6 Å². The molecule has 5 heteroatoms. The predicted molar refractivity (Wildman–Crippen MR) is 103 cm³/mol. The van der Waals surface area contributed by atoms with Gasteiger partial charge < -0.3 is 4.90 Å². The Bertz CT molecular complexity index is 654. The van der Waals surface area contributed by atoms with E-state index in [4.69, 9.17) is 16.8 Å². The standard InChI is InChI=1S/C17H28N3PS/c1-11(2)20(12(3)4)21(22)15-10-13(5)9-14(6)16(15)18-17(21)19(7)8/h9-12H,1-8H3/t21-/m0/s1. The fourth-order valence-electron chi connectivity index (χ4n) is 3.44. The SMILES string of the molecule is Cc1cc(C)c2c(c1)[P@@](=S)(N(C(C)C)C(C)C)C(N(C)C)=N2. The van der Waals surface area contributed by atoms with E-state index in [0.717, 1.165) is 11.3 Å². The van der Waals surface area contributed by atoms with Crippen LogP contribution < -0.4 is 5.30 Å². The number of benzene rings is 1. The number of amidine groups is 1. The monoisotopic (exact) mass is 337 g/mol. The van der Waals surface area contributed by atoms with Gasteiger partial charge in [-0.3, -0.25) is 4.67 Å². The number of fused-ring (bicyclic) bond motifs is 1. The molecular formula is C17H28N3PS. The highest BCUT2D eigenvalue weighted by atomic mass is 32.4. The van der Waals surface area contributed by atoms with E-state index < -0.39 is 6.19 Å². The van der Waals surface area contributed by atoms with Crippen LogP contribution in [0.1, 0.15) is 38.8 Å². The van der Waals surface area contributed by atoms with Gasteiger partial charge in [-0.1, -0.05) is 17.9 Å². The summed E-state index contributed by atoms with van der Waals surface area (Å²) in [5.74, 6) is 0. The van der Waals surface area contributed by atoms with Gasteiger partial charge in [0.25, 0.3) is 0 Å². The number of hydrogen-bond acceptors (Lipinski definition) is 3. The number of rotatable bonds is 3. The third-order valence-electron chi connectivity index (χ3n) is 4.02. The molecule has 0 radical (unpaired) electrons. The maximum Gasteiger partial charge on any atom is 0.156 e. The van der Waals surface area contributed by atoms with Crippen molar-refractivity contribution in [1.82, 2.24) is 9.57 Å². The van der Waals surface area contributed by atoms with Crippen LogP contribution in [0.15, 0.2) is 17.1 Å². The third-order valence-corrected chi connectivity index (χ3v) is 9.27. The van der Waals surface area contributed by atoms with Gasteiger partial charge in [0.15, 0.2) is 5.58 Å². The molecule has 1 atom stereocenters. The lowest BCUT2D eigenvalue weighted by atomic mass is 10.1. The third kappa shape index (κ3) is 2.66. The highest BCUT2D eigenvalue weighted by Crippen LogP contribution is 2.59. The molecule has 22 heavy (non-hydrogen) atoms. The van der Waals surface area contributed by atoms with E-state index in [9.17, 15) is 0 Å². The lowest BCUT2D eigenvalue weighted by molar-refractivity contribution is 0.326. The maximum atomic E-state index is 6.38. The minimum absolute atomic E-state index is 0.391. The summed E-state index contributed by atoms with van der Waals surface area (Å²) in [6.45, 7) is 13.2. The molecule has 0 aromatic heterocycles. The number of nitrogens with zero attached hydrogens (tertiary/aromatic N) is 3. The van der Waals surface area contributed by atoms with Crippen molar-refractivity contribution in [3.8, 4) is 0 Å². The van der Waals surface area contributed by atoms with Gasteiger partial charge in [0, 0.05) is 31.5 Å². The first-order valence-electron chi connectivity index (χ1n) is 7.88. The summed E-state index contributed by atoms with van der Waals surface area (Å²) < 4.78 is 2.51. The van der Waals surface area contributed by atoms with E-state index in [-0.39, 0.29) is 0 Å². The van der Waals surface area contributed by atoms with E-state index in [2.05, 4.69) is 77.3 Å². The Morgan fingerprint density at radius 2 is 1.59 bits per heavy atom. The van der Waals surface area contributed by atoms with Crippen LogP contribution >= 0.6 is 6.19 Å². The van der Waals surface area contributed by atoms with Gasteiger partial charge in [-0.15, -0.1) is 0 Å². The van der Waals surface area contributed by atoms with Crippen LogP contribution in [0.2, 0.25) is 0 Å². The summed E-state index contributed by atoms with van der Waals surface area (Å²) in [4.78, 5) is 7.10. The van der Waals surface area contributed by atoms with Crippen LogP contribution in [0.4, 0.5) is 5.69 Å². The molecule has 0 saturated carbocycles. The summed E-state index contributed by atoms with van der Waals surface area (Å²) in [6.07, 6.45) is -2.06. The van der Waals surface area contributed by atoms with Crippen molar-refractivity contribution in [3.05, 3.63) is 23.3 Å². The van der Waals surface area contributed by atoms with Crippen molar-refractivity contribution in [1.29, 1.82) is 0 Å². The average Bonchev–Trinajstić information content (AvgIpc) is 2.63. The van der Waals surface area contributed by atoms with Crippen LogP contribution in [0, 0.1) is 13.8 Å². The molecule has 0 amide bonds. The molecule has 0 aliphatic carbocycles. The van der Waals surface area contributed by atoms with Crippen molar-refractivity contribution in [2.45, 2.75) is 53.6 Å². The molecule has 0 spiro atoms. The number of hydrogen-bond donors (Lipinski definition) is 0. The van der Waals surface area contributed by atoms with Gasteiger partial charge >= 0.3 is 0 Å². The largest absolute Gasteiger partial charge is 0.361 e. The van der Waals surface area contributed by atoms with Gasteiger partial charge in [0.1, 0.15) is 6.19 Å². The summed E-state index contributed by atoms with van der Waals surface area (Å²) >= 11 is 6.38. The molecule has 0 fully saturated rings. The second-order valence-corrected chi connectivity index (χ2v) is 11.0. The summed E-state index contributed by atoms with van der Waals surface area (Å²) in [6, 6.07) is 5.25. The van der Waals surface area contributed by atoms with Crippen molar-refractivity contribution in [3.63, 3.8) is 0 Å². The van der Waals surface area contributed by atoms with Gasteiger partial charge in [-0.2, -0.15) is 0 Å². The van der Waals surface area contributed by atoms with Gasteiger partial charge in [-0.25, -0.2) is 4.99 Å². The Balaban J connectivity index is 2.79. The van der Waals surface area contributed by atoms with E-state index in [1.807, 2.05) is 0 Å². The molecule has 1 heterocycles. The van der Waals surface area contributed by atoms with Crippen LogP contribution in [0.5, 0.6) is 0 Å². The highest BCUT2D eigenvalue weighted by molar-refractivity contribution is 8.25. The zero-order valence-electron chi connectivity index (χ0n) is 15.0. The fraction of sp³-hybridized carbons (Fsp3) is 0.588. The van der Waals surface area contributed by atoms with Gasteiger partial charge in [-0.05, 0) is 58.7 Å². The lowest BCUT2D eigenvalue weighted by Gasteiger charge is -2.41. The molecule has 122 valence electrons. The molecule has 0 saturated heterocycles. The molecule has 3 nitrogen and oxygen atoms in total. The molecule has 0 N–H and O–H groups in total. The van der Waals surface area contributed by atoms with Crippen LogP contribution in [-0.2, 0) is 11.8 Å². The second-order valence-electron chi connectivity index (χ2n) is 6.90. The first-order chi connectivity index (χ1) is 10.1. The molecule has 1 aliphatic heterocycles. The zero-order valence-corrected chi connectivity index (χ0v) is 16.7. The molecule has 1 aromatic carbocycles. The summed E-state index contributed by atoms with van der Waals surface area (Å²) in [5.41, 5.74) is 4.67. The average molecular weight is 337 g/mol. The van der Waals surface area contributed by atoms with Crippen LogP contribution in [0.25, 0.3) is 0 Å². The lowest BCUT2D eigenvalue weighted by Crippen LogP contribution is -2.41. The minimum Gasteiger partial charge on any atom is -0.361 e. The Hall–Kier alpha value is -0.700. The quantitative estimate of drug-likeness (QED) is 0.777. The first kappa shape index (κ1) is 17.7. The topological polar surface area (TPSA) is 18.8 Å². The maximum absolute atomic E-state index is 6.38. The molecule has 0 unspecified atom stereocenters. The second kappa shape index (κ2) is 6.07. The smallest absolute Gasteiger partial charge is 0.156 e. The molecule has 1 aliphatic rings. The molecular weight excluding hydrogens is 309 g/mol. The Morgan fingerprint density at radius 3 is 2.05 bits per heavy atom. The van der Waals surface area contributed by atoms with Crippen LogP contribution in [0.3, 0.4) is 0 Å². The molecule has 2 rings (SSSR count). The van der Waals surface area contributed by atoms with E-state index in [1.165, 1.54) is 16.4 Å². The van der Waals surface area contributed by atoms with Crippen LogP contribution in [-0.4, -0.2) is 41.3 Å².